The highest BCUT2D eigenvalue weighted by molar-refractivity contribution is 7.85. The van der Waals surface area contributed by atoms with E-state index in [0.29, 0.717) is 104 Å². The lowest BCUT2D eigenvalue weighted by Crippen LogP contribution is -2.49. The number of carboxylic acids is 2. The van der Waals surface area contributed by atoms with E-state index in [-0.39, 0.29) is 52.9 Å². The van der Waals surface area contributed by atoms with Gasteiger partial charge in [-0.2, -0.15) is 8.42 Å². The molecule has 424 valence electrons. The van der Waals surface area contributed by atoms with E-state index >= 15 is 0 Å². The molecule has 10 rings (SSSR count). The third-order valence-electron chi connectivity index (χ3n) is 13.5. The number of nitrogens with zero attached hydrogens (tertiary/aromatic N) is 8. The van der Waals surface area contributed by atoms with Gasteiger partial charge in [-0.25, -0.2) is 33.1 Å². The largest absolute Gasteiger partial charge is 0.478 e. The average molecular weight is 1160 g/mol. The van der Waals surface area contributed by atoms with E-state index in [1.165, 1.54) is 69.8 Å². The topological polar surface area (TPSA) is 279 Å². The van der Waals surface area contributed by atoms with Gasteiger partial charge in [-0.15, -0.1) is 0 Å². The molecule has 1 amide bonds. The van der Waals surface area contributed by atoms with Crippen LogP contribution in [0.4, 0.5) is 25.5 Å². The van der Waals surface area contributed by atoms with Crippen LogP contribution in [0.15, 0.2) is 82.4 Å². The van der Waals surface area contributed by atoms with Crippen LogP contribution in [-0.2, 0) is 42.0 Å². The third kappa shape index (κ3) is 13.0. The summed E-state index contributed by atoms with van der Waals surface area (Å²) >= 11 is 12.8. The number of alkyl carbamates (subject to hydrolysis) is 1. The quantitative estimate of drug-likeness (QED) is 0.0863. The zero-order chi connectivity index (χ0) is 58.3. The molecule has 0 radical (unpaired) electrons. The minimum absolute atomic E-state index is 0.0436. The van der Waals surface area contributed by atoms with Gasteiger partial charge in [0.2, 0.25) is 11.9 Å². The maximum Gasteiger partial charge on any atom is 0.407 e. The van der Waals surface area contributed by atoms with E-state index in [9.17, 15) is 51.4 Å². The Morgan fingerprint density at radius 2 is 1.15 bits per heavy atom. The molecule has 21 nitrogen and oxygen atoms in total. The predicted octanol–water partition coefficient (Wildman–Crippen LogP) is 7.78. The summed E-state index contributed by atoms with van der Waals surface area (Å²) in [5, 5.41) is 23.8. The number of rotatable bonds is 9. The summed E-state index contributed by atoms with van der Waals surface area (Å²) in [5.41, 5.74) is 8.39. The number of fused-ring (bicyclic) bond motifs is 6. The van der Waals surface area contributed by atoms with Gasteiger partial charge < -0.3 is 54.1 Å². The lowest BCUT2D eigenvalue weighted by Gasteiger charge is -2.34. The molecule has 80 heavy (non-hydrogen) atoms. The molecule has 0 bridgehead atoms. The molecule has 0 spiro atoms. The zero-order valence-corrected chi connectivity index (χ0v) is 46.7. The molecule has 2 fully saturated rings. The summed E-state index contributed by atoms with van der Waals surface area (Å²) in [7, 11) is -0.425. The number of amides is 1. The van der Waals surface area contributed by atoms with E-state index in [1.807, 2.05) is 9.80 Å². The number of aromatic carboxylic acids is 2. The Kier molecular flexibility index (Phi) is 17.0. The van der Waals surface area contributed by atoms with E-state index in [2.05, 4.69) is 5.32 Å². The number of hydrogen-bond acceptors (Lipinski definition) is 13. The molecule has 6 heterocycles. The van der Waals surface area contributed by atoms with Crippen molar-refractivity contribution in [2.75, 3.05) is 42.2 Å². The Bertz CT molecular complexity index is 4000. The monoisotopic (exact) mass is 1160 g/mol. The first-order chi connectivity index (χ1) is 37.6. The second-order valence-corrected chi connectivity index (χ2v) is 23.0. The summed E-state index contributed by atoms with van der Waals surface area (Å²) in [5.74, 6) is -2.13. The van der Waals surface area contributed by atoms with E-state index < -0.39 is 45.4 Å². The van der Waals surface area contributed by atoms with Crippen LogP contribution in [-0.4, -0.2) is 120 Å². The molecule has 4 aromatic carbocycles. The van der Waals surface area contributed by atoms with Crippen LogP contribution in [0.5, 0.6) is 0 Å². The summed E-state index contributed by atoms with van der Waals surface area (Å²) in [6, 6.07) is 17.0. The molecule has 2 aliphatic heterocycles. The normalized spacial score (nSPS) is 15.8. The van der Waals surface area contributed by atoms with Gasteiger partial charge in [0.25, 0.3) is 21.2 Å². The van der Waals surface area contributed by atoms with Crippen molar-refractivity contribution in [3.63, 3.8) is 0 Å². The van der Waals surface area contributed by atoms with Crippen molar-refractivity contribution < 1.29 is 51.1 Å². The van der Waals surface area contributed by atoms with Crippen LogP contribution in [0.25, 0.3) is 43.9 Å². The minimum atomic E-state index is -3.67. The zero-order valence-electron chi connectivity index (χ0n) is 44.3. The Labute approximate surface area is 466 Å². The summed E-state index contributed by atoms with van der Waals surface area (Å²) in [6.45, 7) is 7.77. The third-order valence-corrected chi connectivity index (χ3v) is 14.2. The van der Waals surface area contributed by atoms with Gasteiger partial charge >= 0.3 is 18.0 Å². The Balaban J connectivity index is 0.000000197. The molecule has 2 saturated heterocycles. The van der Waals surface area contributed by atoms with E-state index in [0.717, 1.165) is 25.7 Å². The lowest BCUT2D eigenvalue weighted by molar-refractivity contribution is 0.0498. The van der Waals surface area contributed by atoms with Gasteiger partial charge in [-0.1, -0.05) is 23.2 Å². The number of halogens is 4. The van der Waals surface area contributed by atoms with Crippen molar-refractivity contribution >= 4 is 107 Å². The van der Waals surface area contributed by atoms with Gasteiger partial charge in [0, 0.05) is 73.2 Å². The summed E-state index contributed by atoms with van der Waals surface area (Å²) in [6.07, 6.45) is 3.40. The van der Waals surface area contributed by atoms with E-state index in [4.69, 9.17) is 48.2 Å². The summed E-state index contributed by atoms with van der Waals surface area (Å²) < 4.78 is 65.9. The maximum absolute atomic E-state index is 14.2. The number of carbonyl (C=O) groups excluding carboxylic acids is 1. The summed E-state index contributed by atoms with van der Waals surface area (Å²) in [4.78, 5) is 76.9. The minimum Gasteiger partial charge on any atom is -0.478 e. The molecule has 0 unspecified atom stereocenters. The molecular weight excluding hydrogens is 1110 g/mol. The molecule has 0 saturated carbocycles. The fourth-order valence-electron chi connectivity index (χ4n) is 9.92. The van der Waals surface area contributed by atoms with Crippen LogP contribution >= 0.6 is 23.2 Å². The van der Waals surface area contributed by atoms with Crippen molar-refractivity contribution in [3.8, 4) is 0 Å². The standard InChI is InChI=1S/C29H31ClFN5O5.C24H23ClFN5O3.CH4O3S/c1-29(2,3)41-28(40)32-19-6-5-11-35(15-19)27-33-23-20-13-16(26(38)39)7-10-22(20)34(4)25(37)24(23)36(27)14-17-12-18(31)8-9-21(17)30;1-29-19-7-4-13(23(33)34)10-17(19)20-21(22(29)32)31(11-14-9-15(26)5-6-18(14)25)24(28-20)30-8-2-3-16(27)12-30;1-5(2,3)4/h7-10,12-13,19H,5-6,11,14-15H2,1-4H3,(H,32,40)(H,38,39);4-7,9-10,16H,2-3,8,11-12,27H2,1H3,(H,33,34);1H3,(H,2,3,4)/t19-;16-;/m11./s1. The van der Waals surface area contributed by atoms with Crippen LogP contribution in [0.3, 0.4) is 0 Å². The molecule has 4 aromatic heterocycles. The Morgan fingerprint density at radius 3 is 1.56 bits per heavy atom. The first-order valence-corrected chi connectivity index (χ1v) is 27.7. The van der Waals surface area contributed by atoms with Gasteiger partial charge in [0.1, 0.15) is 39.3 Å². The van der Waals surface area contributed by atoms with Crippen molar-refractivity contribution in [3.05, 3.63) is 137 Å². The molecule has 8 aromatic rings. The highest BCUT2D eigenvalue weighted by atomic mass is 35.5. The highest BCUT2D eigenvalue weighted by Crippen LogP contribution is 2.34. The maximum atomic E-state index is 14.2. The van der Waals surface area contributed by atoms with Crippen molar-refractivity contribution in [1.29, 1.82) is 0 Å². The van der Waals surface area contributed by atoms with Crippen LogP contribution in [0, 0.1) is 11.6 Å². The van der Waals surface area contributed by atoms with Crippen LogP contribution in [0.2, 0.25) is 10.0 Å². The lowest BCUT2D eigenvalue weighted by atomic mass is 10.1. The molecule has 2 aliphatic rings. The number of ether oxygens (including phenoxy) is 1. The number of carboxylic acid groups (broad SMARTS) is 2. The van der Waals surface area contributed by atoms with Crippen molar-refractivity contribution in [1.82, 2.24) is 33.6 Å². The number of imidazole rings is 2. The van der Waals surface area contributed by atoms with Gasteiger partial charge in [-0.05, 0) is 130 Å². The molecular formula is C54H58Cl2F2N10O11S. The number of aromatic nitrogens is 6. The number of benzene rings is 4. The van der Waals surface area contributed by atoms with E-state index in [1.54, 1.807) is 56.1 Å². The number of carbonyl (C=O) groups is 3. The second-order valence-electron chi connectivity index (χ2n) is 20.7. The number of piperidine rings is 2. The first-order valence-electron chi connectivity index (χ1n) is 25.1. The average Bonchev–Trinajstić information content (AvgIpc) is 4.16. The fourth-order valence-corrected chi connectivity index (χ4v) is 10.3. The van der Waals surface area contributed by atoms with Gasteiger partial charge in [0.15, 0.2) is 0 Å². The van der Waals surface area contributed by atoms with Crippen LogP contribution in [0.1, 0.15) is 78.3 Å². The van der Waals surface area contributed by atoms with Gasteiger partial charge in [-0.3, -0.25) is 14.1 Å². The molecule has 26 heteroatoms. The number of aryl methyl sites for hydroxylation is 2. The fraction of sp³-hybridized carbons (Fsp3) is 0.352. The predicted molar refractivity (Wildman–Crippen MR) is 301 cm³/mol. The number of anilines is 2. The Morgan fingerprint density at radius 1 is 0.725 bits per heavy atom. The number of nitrogens with one attached hydrogen (secondary N) is 1. The first kappa shape index (κ1) is 58.5. The number of nitrogens with two attached hydrogens (primary N) is 1. The number of pyridine rings is 2. The van der Waals surface area contributed by atoms with Gasteiger partial charge in [0.05, 0.1) is 41.5 Å². The molecule has 0 aliphatic carbocycles. The van der Waals surface area contributed by atoms with Crippen molar-refractivity contribution in [2.24, 2.45) is 19.8 Å². The Hall–Kier alpha value is -7.64. The highest BCUT2D eigenvalue weighted by Gasteiger charge is 2.31. The van der Waals surface area contributed by atoms with Crippen LogP contribution < -0.4 is 32.0 Å². The molecule has 2 atom stereocenters. The SMILES string of the molecule is CS(=O)(=O)O.Cn1c(=O)c2c(nc(N3CCC[C@@H](N)C3)n2Cc2cc(F)ccc2Cl)c2cc(C(=O)O)ccc21.Cn1c(=O)c2c(nc(N3CCC[C@@H](NC(=O)OC(C)(C)C)C3)n2Cc2cc(F)ccc2Cl)c2cc(C(=O)O)ccc21. The second kappa shape index (κ2) is 23.2. The number of hydrogen-bond donors (Lipinski definition) is 5. The smallest absolute Gasteiger partial charge is 0.407 e. The van der Waals surface area contributed by atoms with Crippen molar-refractivity contribution in [2.45, 2.75) is 77.2 Å². The molecule has 6 N–H and O–H groups in total.